The summed E-state index contributed by atoms with van der Waals surface area (Å²) in [4.78, 5) is 40.2. The number of hydrogen-bond donors (Lipinski definition) is 3. The maximum absolute atomic E-state index is 12.5. The van der Waals surface area contributed by atoms with Gasteiger partial charge in [0.2, 0.25) is 0 Å². The van der Waals surface area contributed by atoms with Crippen LogP contribution in [-0.4, -0.2) is 38.1 Å². The number of carbonyl (C=O) groups is 2. The molecule has 142 valence electrons. The van der Waals surface area contributed by atoms with Crippen LogP contribution in [-0.2, 0) is 4.79 Å². The van der Waals surface area contributed by atoms with E-state index in [1.807, 2.05) is 6.07 Å². The maximum Gasteiger partial charge on any atom is 0.322 e. The van der Waals surface area contributed by atoms with E-state index in [1.165, 1.54) is 28.7 Å². The highest BCUT2D eigenvalue weighted by Crippen LogP contribution is 2.35. The molecule has 0 unspecified atom stereocenters. The van der Waals surface area contributed by atoms with E-state index in [0.717, 1.165) is 10.3 Å². The molecule has 0 radical (unpaired) electrons. The molecule has 0 saturated carbocycles. The van der Waals surface area contributed by atoms with Crippen LogP contribution in [0.25, 0.3) is 16.6 Å². The van der Waals surface area contributed by atoms with E-state index in [1.54, 1.807) is 18.4 Å². The van der Waals surface area contributed by atoms with Crippen LogP contribution in [0.1, 0.15) is 10.4 Å². The number of aliphatic carboxylic acids is 1. The summed E-state index contributed by atoms with van der Waals surface area (Å²) in [6, 6.07) is 6.51. The van der Waals surface area contributed by atoms with Gasteiger partial charge in [0, 0.05) is 22.5 Å². The summed E-state index contributed by atoms with van der Waals surface area (Å²) >= 11 is 7.21. The standard InChI is InChI=1S/C17H11ClN4O5S/c18-8-1-2-9-11(3-8)27-6-12(9)28-13-4-10(23)15(16-20-7-21-22(13)16)17(26)19-5-14(24)25/h1-4,6-7H,5H2,(H,19,26)(H,20,21)(H,24,25). The molecule has 4 rings (SSSR count). The van der Waals surface area contributed by atoms with Crippen molar-refractivity contribution in [3.8, 4) is 0 Å². The van der Waals surface area contributed by atoms with Crippen molar-refractivity contribution in [2.45, 2.75) is 9.92 Å². The van der Waals surface area contributed by atoms with Crippen LogP contribution in [0.2, 0.25) is 5.02 Å². The van der Waals surface area contributed by atoms with Crippen LogP contribution in [0.4, 0.5) is 0 Å². The molecule has 0 fully saturated rings. The van der Waals surface area contributed by atoms with Crippen molar-refractivity contribution in [3.05, 3.63) is 57.7 Å². The van der Waals surface area contributed by atoms with Gasteiger partial charge >= 0.3 is 5.97 Å². The lowest BCUT2D eigenvalue weighted by Crippen LogP contribution is -2.33. The van der Waals surface area contributed by atoms with Gasteiger partial charge in [0.25, 0.3) is 5.91 Å². The summed E-state index contributed by atoms with van der Waals surface area (Å²) in [6.45, 7) is -0.602. The molecule has 3 heterocycles. The minimum absolute atomic E-state index is 0.0914. The van der Waals surface area contributed by atoms with Crippen molar-refractivity contribution in [2.24, 2.45) is 0 Å². The Morgan fingerprint density at radius 3 is 2.96 bits per heavy atom. The van der Waals surface area contributed by atoms with Crippen LogP contribution >= 0.6 is 23.4 Å². The number of nitrogens with one attached hydrogen (secondary N) is 2. The van der Waals surface area contributed by atoms with Crippen molar-refractivity contribution in [1.82, 2.24) is 19.9 Å². The largest absolute Gasteiger partial charge is 0.480 e. The Bertz CT molecular complexity index is 1290. The topological polar surface area (TPSA) is 130 Å². The minimum Gasteiger partial charge on any atom is -0.480 e. The zero-order valence-corrected chi connectivity index (χ0v) is 15.5. The number of H-pyrrole nitrogens is 1. The highest BCUT2D eigenvalue weighted by molar-refractivity contribution is 7.99. The number of carboxylic acids is 1. The summed E-state index contributed by atoms with van der Waals surface area (Å²) in [5.41, 5.74) is -0.120. The van der Waals surface area contributed by atoms with E-state index in [4.69, 9.17) is 21.1 Å². The van der Waals surface area contributed by atoms with Crippen LogP contribution in [0.3, 0.4) is 0 Å². The second-order valence-electron chi connectivity index (χ2n) is 5.69. The van der Waals surface area contributed by atoms with Crippen molar-refractivity contribution < 1.29 is 19.1 Å². The first-order valence-corrected chi connectivity index (χ1v) is 9.07. The maximum atomic E-state index is 12.5. The summed E-state index contributed by atoms with van der Waals surface area (Å²) in [6.07, 6.45) is 2.88. The molecule has 0 aliphatic carbocycles. The average molecular weight is 419 g/mol. The monoisotopic (exact) mass is 418 g/mol. The molecule has 28 heavy (non-hydrogen) atoms. The van der Waals surface area contributed by atoms with Crippen LogP contribution < -0.4 is 10.7 Å². The fourth-order valence-corrected chi connectivity index (χ4v) is 3.83. The fourth-order valence-electron chi connectivity index (χ4n) is 2.67. The number of amides is 1. The van der Waals surface area contributed by atoms with Gasteiger partial charge in [-0.2, -0.15) is 0 Å². The summed E-state index contributed by atoms with van der Waals surface area (Å²) in [5, 5.41) is 15.6. The van der Waals surface area contributed by atoms with Crippen LogP contribution in [0.15, 0.2) is 56.0 Å². The second kappa shape index (κ2) is 7.06. The molecule has 3 N–H and O–H groups in total. The van der Waals surface area contributed by atoms with Crippen LogP contribution in [0.5, 0.6) is 0 Å². The Kier molecular flexibility index (Phi) is 4.57. The molecule has 1 aromatic carbocycles. The number of aromatic amines is 1. The lowest BCUT2D eigenvalue weighted by Gasteiger charge is -2.07. The third-order valence-corrected chi connectivity index (χ3v) is 5.15. The number of halogens is 1. The zero-order valence-electron chi connectivity index (χ0n) is 13.9. The van der Waals surface area contributed by atoms with Gasteiger partial charge in [0.1, 0.15) is 35.3 Å². The Hall–Kier alpha value is -3.24. The number of carbonyl (C=O) groups excluding carboxylic acids is 1. The molecule has 0 spiro atoms. The van der Waals surface area contributed by atoms with Gasteiger partial charge in [-0.05, 0) is 12.1 Å². The molecule has 1 amide bonds. The van der Waals surface area contributed by atoms with E-state index in [2.05, 4.69) is 15.4 Å². The van der Waals surface area contributed by atoms with Crippen molar-refractivity contribution in [1.29, 1.82) is 0 Å². The summed E-state index contributed by atoms with van der Waals surface area (Å²) < 4.78 is 6.97. The van der Waals surface area contributed by atoms with Gasteiger partial charge in [-0.1, -0.05) is 23.4 Å². The predicted molar refractivity (Wildman–Crippen MR) is 101 cm³/mol. The second-order valence-corrected chi connectivity index (χ2v) is 7.19. The third-order valence-electron chi connectivity index (χ3n) is 3.87. The van der Waals surface area contributed by atoms with Crippen molar-refractivity contribution in [2.75, 3.05) is 6.54 Å². The molecule has 11 heteroatoms. The number of aromatic nitrogens is 3. The van der Waals surface area contributed by atoms with Gasteiger partial charge in [0.15, 0.2) is 11.1 Å². The van der Waals surface area contributed by atoms with E-state index < -0.39 is 23.9 Å². The molecule has 0 saturated heterocycles. The van der Waals surface area contributed by atoms with E-state index in [9.17, 15) is 14.4 Å². The Morgan fingerprint density at radius 1 is 1.36 bits per heavy atom. The predicted octanol–water partition coefficient (Wildman–Crippen LogP) is 2.39. The number of hydrogen-bond acceptors (Lipinski definition) is 6. The number of pyridine rings is 1. The quantitative estimate of drug-likeness (QED) is 0.453. The number of furan rings is 1. The zero-order chi connectivity index (χ0) is 19.8. The number of nitrogens with zero attached hydrogens (tertiary/aromatic N) is 2. The van der Waals surface area contributed by atoms with E-state index in [0.29, 0.717) is 15.6 Å². The van der Waals surface area contributed by atoms with Gasteiger partial charge < -0.3 is 14.8 Å². The first-order valence-electron chi connectivity index (χ1n) is 7.88. The number of rotatable bonds is 5. The number of benzene rings is 1. The fraction of sp³-hybridized carbons (Fsp3) is 0.0588. The number of carboxylic acid groups (broad SMARTS) is 1. The lowest BCUT2D eigenvalue weighted by molar-refractivity contribution is -0.135. The van der Waals surface area contributed by atoms with Crippen molar-refractivity contribution in [3.63, 3.8) is 0 Å². The first-order chi connectivity index (χ1) is 13.4. The molecule has 0 aliphatic rings. The lowest BCUT2D eigenvalue weighted by atomic mass is 10.2. The minimum atomic E-state index is -1.22. The van der Waals surface area contributed by atoms with Crippen LogP contribution in [0, 0.1) is 0 Å². The normalized spacial score (nSPS) is 11.2. The van der Waals surface area contributed by atoms with E-state index in [-0.39, 0.29) is 11.2 Å². The number of fused-ring (bicyclic) bond motifs is 2. The van der Waals surface area contributed by atoms with E-state index >= 15 is 0 Å². The van der Waals surface area contributed by atoms with Gasteiger partial charge in [-0.3, -0.25) is 19.5 Å². The Morgan fingerprint density at radius 2 is 2.18 bits per heavy atom. The molecular formula is C17H11ClN4O5S. The van der Waals surface area contributed by atoms with Gasteiger partial charge in [0.05, 0.1) is 4.90 Å². The molecule has 4 aromatic rings. The summed E-state index contributed by atoms with van der Waals surface area (Å²) in [5.74, 6) is -2.03. The molecular weight excluding hydrogens is 408 g/mol. The summed E-state index contributed by atoms with van der Waals surface area (Å²) in [7, 11) is 0. The van der Waals surface area contributed by atoms with Gasteiger partial charge in [-0.15, -0.1) is 0 Å². The molecule has 3 aromatic heterocycles. The van der Waals surface area contributed by atoms with Gasteiger partial charge in [-0.25, -0.2) is 9.50 Å². The van der Waals surface area contributed by atoms with Crippen molar-refractivity contribution >= 4 is 51.9 Å². The molecule has 0 aliphatic heterocycles. The first kappa shape index (κ1) is 18.1. The Balaban J connectivity index is 1.76. The average Bonchev–Trinajstić information content (AvgIpc) is 3.27. The third kappa shape index (κ3) is 3.23. The smallest absolute Gasteiger partial charge is 0.322 e. The molecule has 0 atom stereocenters. The highest BCUT2D eigenvalue weighted by Gasteiger charge is 2.20. The molecule has 9 nitrogen and oxygen atoms in total. The molecule has 0 bridgehead atoms. The Labute approximate surface area is 165 Å². The SMILES string of the molecule is O=C(O)CNC(=O)c1c(=O)cc(Sc2coc3cc(Cl)ccc23)n2[nH]cnc12. The highest BCUT2D eigenvalue weighted by atomic mass is 35.5.